The smallest absolute Gasteiger partial charge is 0.408 e. The van der Waals surface area contributed by atoms with E-state index in [-0.39, 0.29) is 39.3 Å². The minimum Gasteiger partial charge on any atom is -0.459 e. The molecule has 0 aromatic heterocycles. The lowest BCUT2D eigenvalue weighted by Gasteiger charge is -2.24. The molecule has 0 aliphatic heterocycles. The number of nitrogens with one attached hydrogen (secondary N) is 2. The van der Waals surface area contributed by atoms with Crippen LogP contribution in [0.25, 0.3) is 0 Å². The number of ether oxygens (including phenoxy) is 2. The molecule has 0 unspecified atom stereocenters. The number of aliphatic hydroxyl groups excluding tert-OH is 2. The maximum atomic E-state index is 13.8. The molecule has 0 saturated heterocycles. The molecular formula is C37H41N3O7. The molecule has 0 saturated carbocycles. The van der Waals surface area contributed by atoms with Crippen molar-refractivity contribution in [3.05, 3.63) is 138 Å². The third-order valence-corrected chi connectivity index (χ3v) is 7.41. The molecule has 0 aliphatic rings. The van der Waals surface area contributed by atoms with Crippen molar-refractivity contribution in [2.24, 2.45) is 0 Å². The second-order valence-electron chi connectivity index (χ2n) is 10.9. The Bertz CT molecular complexity index is 1510. The lowest BCUT2D eigenvalue weighted by atomic mass is 10.0. The van der Waals surface area contributed by atoms with E-state index in [1.54, 1.807) is 0 Å². The third-order valence-electron chi connectivity index (χ3n) is 7.41. The van der Waals surface area contributed by atoms with E-state index in [4.69, 9.17) is 9.47 Å². The number of carbonyl (C=O) groups is 3. The van der Waals surface area contributed by atoms with Crippen LogP contribution >= 0.6 is 0 Å². The number of anilines is 1. The molecule has 2 atom stereocenters. The first-order valence-electron chi connectivity index (χ1n) is 15.5. The van der Waals surface area contributed by atoms with Gasteiger partial charge in [0.2, 0.25) is 5.91 Å². The van der Waals surface area contributed by atoms with Crippen LogP contribution in [0.3, 0.4) is 0 Å². The van der Waals surface area contributed by atoms with Gasteiger partial charge in [-0.25, -0.2) is 9.59 Å². The maximum absolute atomic E-state index is 13.8. The minimum absolute atomic E-state index is 0.0275. The SMILES string of the molecule is O=C(N[C@H](Cc1ccccc1)C(=O)N[C@@H](Cc1ccc(N(CCO)CCO)cc1)C(=O)OCc1ccccc1)OCc1ccccc1. The molecule has 0 bridgehead atoms. The van der Waals surface area contributed by atoms with Crippen LogP contribution in [0.5, 0.6) is 0 Å². The van der Waals surface area contributed by atoms with Crippen LogP contribution in [0, 0.1) is 0 Å². The topological polar surface area (TPSA) is 137 Å². The van der Waals surface area contributed by atoms with Gasteiger partial charge in [-0.05, 0) is 34.4 Å². The quantitative estimate of drug-likeness (QED) is 0.128. The Morgan fingerprint density at radius 2 is 1.04 bits per heavy atom. The number of amides is 2. The van der Waals surface area contributed by atoms with Crippen molar-refractivity contribution in [1.82, 2.24) is 10.6 Å². The molecule has 246 valence electrons. The first-order valence-corrected chi connectivity index (χ1v) is 15.5. The van der Waals surface area contributed by atoms with E-state index in [2.05, 4.69) is 10.6 Å². The number of esters is 1. The molecule has 47 heavy (non-hydrogen) atoms. The highest BCUT2D eigenvalue weighted by atomic mass is 16.5. The van der Waals surface area contributed by atoms with E-state index in [0.717, 1.165) is 27.9 Å². The fourth-order valence-electron chi connectivity index (χ4n) is 4.95. The van der Waals surface area contributed by atoms with Gasteiger partial charge in [-0.2, -0.15) is 0 Å². The van der Waals surface area contributed by atoms with Gasteiger partial charge >= 0.3 is 12.1 Å². The highest BCUT2D eigenvalue weighted by Gasteiger charge is 2.29. The fourth-order valence-corrected chi connectivity index (χ4v) is 4.95. The van der Waals surface area contributed by atoms with Gasteiger partial charge in [-0.15, -0.1) is 0 Å². The molecule has 2 amide bonds. The molecule has 0 aliphatic carbocycles. The van der Waals surface area contributed by atoms with Gasteiger partial charge in [-0.1, -0.05) is 103 Å². The molecule has 10 heteroatoms. The van der Waals surface area contributed by atoms with Gasteiger partial charge in [0.05, 0.1) is 13.2 Å². The molecule has 0 spiro atoms. The van der Waals surface area contributed by atoms with Crippen LogP contribution in [0.15, 0.2) is 115 Å². The maximum Gasteiger partial charge on any atom is 0.408 e. The molecule has 0 heterocycles. The highest BCUT2D eigenvalue weighted by Crippen LogP contribution is 2.17. The molecular weight excluding hydrogens is 598 g/mol. The van der Waals surface area contributed by atoms with Gasteiger partial charge < -0.3 is 35.2 Å². The summed E-state index contributed by atoms with van der Waals surface area (Å²) >= 11 is 0. The number of benzene rings is 4. The van der Waals surface area contributed by atoms with Gasteiger partial charge in [-0.3, -0.25) is 4.79 Å². The van der Waals surface area contributed by atoms with Crippen LogP contribution in [0.1, 0.15) is 22.3 Å². The number of carbonyl (C=O) groups excluding carboxylic acids is 3. The zero-order valence-corrected chi connectivity index (χ0v) is 26.2. The zero-order chi connectivity index (χ0) is 33.3. The average Bonchev–Trinajstić information content (AvgIpc) is 3.10. The predicted octanol–water partition coefficient (Wildman–Crippen LogP) is 3.79. The first-order chi connectivity index (χ1) is 22.9. The van der Waals surface area contributed by atoms with Crippen molar-refractivity contribution in [2.75, 3.05) is 31.2 Å². The van der Waals surface area contributed by atoms with E-state index < -0.39 is 30.1 Å². The van der Waals surface area contributed by atoms with Crippen molar-refractivity contribution in [1.29, 1.82) is 0 Å². The van der Waals surface area contributed by atoms with Crippen LogP contribution < -0.4 is 15.5 Å². The first kappa shape index (κ1) is 34.7. The van der Waals surface area contributed by atoms with Crippen molar-refractivity contribution < 1.29 is 34.1 Å². The van der Waals surface area contributed by atoms with Crippen LogP contribution in [-0.4, -0.2) is 66.6 Å². The largest absolute Gasteiger partial charge is 0.459 e. The zero-order valence-electron chi connectivity index (χ0n) is 26.2. The summed E-state index contributed by atoms with van der Waals surface area (Å²) in [6.07, 6.45) is -0.478. The van der Waals surface area contributed by atoms with Crippen molar-refractivity contribution in [3.63, 3.8) is 0 Å². The summed E-state index contributed by atoms with van der Waals surface area (Å²) in [6.45, 7) is 0.634. The van der Waals surface area contributed by atoms with Crippen molar-refractivity contribution in [3.8, 4) is 0 Å². The highest BCUT2D eigenvalue weighted by molar-refractivity contribution is 5.90. The molecule has 4 aromatic rings. The molecule has 4 rings (SSSR count). The molecule has 0 radical (unpaired) electrons. The van der Waals surface area contributed by atoms with E-state index in [1.807, 2.05) is 120 Å². The lowest BCUT2D eigenvalue weighted by Crippen LogP contribution is -2.53. The van der Waals surface area contributed by atoms with E-state index in [0.29, 0.717) is 13.1 Å². The number of nitrogens with zero attached hydrogens (tertiary/aromatic N) is 1. The summed E-state index contributed by atoms with van der Waals surface area (Å²) in [5, 5.41) is 24.3. The summed E-state index contributed by atoms with van der Waals surface area (Å²) < 4.78 is 11.0. The van der Waals surface area contributed by atoms with E-state index >= 15 is 0 Å². The molecule has 0 fully saturated rings. The fraction of sp³-hybridized carbons (Fsp3) is 0.270. The summed E-state index contributed by atoms with van der Waals surface area (Å²) in [7, 11) is 0. The predicted molar refractivity (Wildman–Crippen MR) is 178 cm³/mol. The van der Waals surface area contributed by atoms with Crippen molar-refractivity contribution >= 4 is 23.7 Å². The van der Waals surface area contributed by atoms with E-state index in [9.17, 15) is 24.6 Å². The Balaban J connectivity index is 1.51. The molecule has 10 nitrogen and oxygen atoms in total. The average molecular weight is 640 g/mol. The van der Waals surface area contributed by atoms with Crippen LogP contribution in [-0.2, 0) is 45.1 Å². The second kappa shape index (κ2) is 18.7. The van der Waals surface area contributed by atoms with E-state index in [1.165, 1.54) is 0 Å². The summed E-state index contributed by atoms with van der Waals surface area (Å²) in [5.41, 5.74) is 3.96. The molecule has 4 N–H and O–H groups in total. The molecule has 4 aromatic carbocycles. The Morgan fingerprint density at radius 3 is 1.57 bits per heavy atom. The normalized spacial score (nSPS) is 12.0. The summed E-state index contributed by atoms with van der Waals surface area (Å²) in [6, 6.07) is 32.9. The Kier molecular flexibility index (Phi) is 13.8. The number of aliphatic hydroxyl groups is 2. The number of hydrogen-bond acceptors (Lipinski definition) is 8. The standard InChI is InChI=1S/C37H41N3O7/c41-22-20-40(21-23-42)32-18-16-29(17-19-32)25-34(36(44)46-26-30-12-6-2-7-13-30)38-35(43)33(24-28-10-4-1-5-11-28)39-37(45)47-27-31-14-8-3-9-15-31/h1-19,33-34,41-42H,20-27H2,(H,38,43)(H,39,45)/t33-,34+/m1/s1. The minimum atomic E-state index is -1.07. The van der Waals surface area contributed by atoms with Crippen LogP contribution in [0.4, 0.5) is 10.5 Å². The Labute approximate surface area is 275 Å². The van der Waals surface area contributed by atoms with Gasteiger partial charge in [0.15, 0.2) is 0 Å². The summed E-state index contributed by atoms with van der Waals surface area (Å²) in [5.74, 6) is -1.19. The monoisotopic (exact) mass is 639 g/mol. The number of alkyl carbamates (subject to hydrolysis) is 1. The summed E-state index contributed by atoms with van der Waals surface area (Å²) in [4.78, 5) is 41.9. The Hall–Kier alpha value is -5.19. The second-order valence-corrected chi connectivity index (χ2v) is 10.9. The van der Waals surface area contributed by atoms with Gasteiger partial charge in [0.25, 0.3) is 0 Å². The lowest BCUT2D eigenvalue weighted by molar-refractivity contribution is -0.149. The van der Waals surface area contributed by atoms with Gasteiger partial charge in [0, 0.05) is 31.6 Å². The van der Waals surface area contributed by atoms with Crippen molar-refractivity contribution in [2.45, 2.75) is 38.1 Å². The number of hydrogen-bond donors (Lipinski definition) is 4. The number of rotatable bonds is 17. The Morgan fingerprint density at radius 1 is 0.574 bits per heavy atom. The van der Waals surface area contributed by atoms with Crippen LogP contribution in [0.2, 0.25) is 0 Å². The third kappa shape index (κ3) is 11.6. The van der Waals surface area contributed by atoms with Gasteiger partial charge in [0.1, 0.15) is 25.3 Å².